The normalized spacial score (nSPS) is 14.8. The fourth-order valence-corrected chi connectivity index (χ4v) is 2.91. The minimum atomic E-state index is -0.0917. The summed E-state index contributed by atoms with van der Waals surface area (Å²) in [6.07, 6.45) is 0. The van der Waals surface area contributed by atoms with Crippen LogP contribution in [0.5, 0.6) is 11.5 Å². The lowest BCUT2D eigenvalue weighted by atomic mass is 10.2. The first-order valence-electron chi connectivity index (χ1n) is 5.38. The van der Waals surface area contributed by atoms with Crippen molar-refractivity contribution < 1.29 is 14.3 Å². The first kappa shape index (κ1) is 13.2. The molecule has 1 aromatic carbocycles. The summed E-state index contributed by atoms with van der Waals surface area (Å²) in [5.41, 5.74) is 0.553. The minimum Gasteiger partial charge on any atom is -0.493 e. The third kappa shape index (κ3) is 2.44. The van der Waals surface area contributed by atoms with Gasteiger partial charge in [0.05, 0.1) is 14.2 Å². The van der Waals surface area contributed by atoms with Crippen LogP contribution in [0.1, 0.15) is 10.4 Å². The van der Waals surface area contributed by atoms with Gasteiger partial charge in [-0.3, -0.25) is 9.69 Å². The number of thiocarbonyl (C=S) groups is 1. The Bertz CT molecular complexity index is 490. The minimum absolute atomic E-state index is 0.0917. The van der Waals surface area contributed by atoms with Crippen LogP contribution in [-0.2, 0) is 0 Å². The summed E-state index contributed by atoms with van der Waals surface area (Å²) >= 11 is 6.67. The Morgan fingerprint density at radius 3 is 2.61 bits per heavy atom. The highest BCUT2D eigenvalue weighted by atomic mass is 32.2. The van der Waals surface area contributed by atoms with Crippen molar-refractivity contribution in [2.24, 2.45) is 0 Å². The number of rotatable bonds is 3. The number of amides is 1. The van der Waals surface area contributed by atoms with Crippen LogP contribution in [-0.4, -0.2) is 41.6 Å². The highest BCUT2D eigenvalue weighted by Gasteiger charge is 2.25. The Hall–Kier alpha value is -1.27. The second-order valence-corrected chi connectivity index (χ2v) is 5.37. The fraction of sp³-hybridized carbons (Fsp3) is 0.333. The van der Waals surface area contributed by atoms with E-state index in [-0.39, 0.29) is 5.91 Å². The molecule has 0 bridgehead atoms. The molecule has 0 spiro atoms. The van der Waals surface area contributed by atoms with Gasteiger partial charge in [-0.1, -0.05) is 24.0 Å². The van der Waals surface area contributed by atoms with Gasteiger partial charge in [0.1, 0.15) is 4.32 Å². The maximum Gasteiger partial charge on any atom is 0.259 e. The molecule has 1 saturated heterocycles. The first-order chi connectivity index (χ1) is 8.67. The maximum absolute atomic E-state index is 12.3. The lowest BCUT2D eigenvalue weighted by molar-refractivity contribution is 0.0861. The molecule has 1 amide bonds. The van der Waals surface area contributed by atoms with Crippen LogP contribution >= 0.6 is 24.0 Å². The zero-order valence-electron chi connectivity index (χ0n) is 10.1. The molecule has 1 heterocycles. The van der Waals surface area contributed by atoms with E-state index >= 15 is 0 Å². The molecular weight excluding hydrogens is 270 g/mol. The molecular formula is C12H13NO3S2. The molecule has 1 aliphatic rings. The second-order valence-electron chi connectivity index (χ2n) is 3.64. The predicted octanol–water partition coefficient (Wildman–Crippen LogP) is 2.18. The molecule has 4 nitrogen and oxygen atoms in total. The molecule has 2 rings (SSSR count). The molecule has 0 unspecified atom stereocenters. The number of hydrogen-bond acceptors (Lipinski definition) is 5. The third-order valence-electron chi connectivity index (χ3n) is 2.64. The SMILES string of the molecule is COc1ccc(C(=O)N2CCSC2=S)cc1OC. The summed E-state index contributed by atoms with van der Waals surface area (Å²) in [5, 5.41) is 0. The van der Waals surface area contributed by atoms with Crippen LogP contribution in [0.15, 0.2) is 18.2 Å². The lowest BCUT2D eigenvalue weighted by Crippen LogP contribution is -2.30. The summed E-state index contributed by atoms with van der Waals surface area (Å²) in [4.78, 5) is 13.9. The maximum atomic E-state index is 12.3. The van der Waals surface area contributed by atoms with Gasteiger partial charge >= 0.3 is 0 Å². The van der Waals surface area contributed by atoms with E-state index in [1.807, 2.05) is 0 Å². The van der Waals surface area contributed by atoms with Crippen molar-refractivity contribution in [1.82, 2.24) is 4.90 Å². The molecule has 96 valence electrons. The van der Waals surface area contributed by atoms with Gasteiger partial charge < -0.3 is 9.47 Å². The number of methoxy groups -OCH3 is 2. The highest BCUT2D eigenvalue weighted by Crippen LogP contribution is 2.29. The molecule has 0 saturated carbocycles. The van der Waals surface area contributed by atoms with E-state index in [0.717, 1.165) is 5.75 Å². The van der Waals surface area contributed by atoms with Gasteiger partial charge in [0.15, 0.2) is 11.5 Å². The second kappa shape index (κ2) is 5.58. The fourth-order valence-electron chi connectivity index (χ4n) is 1.70. The van der Waals surface area contributed by atoms with Crippen molar-refractivity contribution in [3.05, 3.63) is 23.8 Å². The molecule has 0 aromatic heterocycles. The van der Waals surface area contributed by atoms with Crippen molar-refractivity contribution in [2.45, 2.75) is 0 Å². The number of thioether (sulfide) groups is 1. The molecule has 1 aromatic rings. The van der Waals surface area contributed by atoms with Crippen LogP contribution in [0.3, 0.4) is 0 Å². The van der Waals surface area contributed by atoms with Gasteiger partial charge in [-0.15, -0.1) is 0 Å². The van der Waals surface area contributed by atoms with Crippen molar-refractivity contribution in [2.75, 3.05) is 26.5 Å². The monoisotopic (exact) mass is 283 g/mol. The third-order valence-corrected chi connectivity index (χ3v) is 4.06. The van der Waals surface area contributed by atoms with Crippen LogP contribution in [0.4, 0.5) is 0 Å². The zero-order chi connectivity index (χ0) is 13.1. The predicted molar refractivity (Wildman–Crippen MR) is 75.6 cm³/mol. The smallest absolute Gasteiger partial charge is 0.259 e. The van der Waals surface area contributed by atoms with Gasteiger partial charge in [-0.25, -0.2) is 0 Å². The topological polar surface area (TPSA) is 38.8 Å². The van der Waals surface area contributed by atoms with E-state index in [4.69, 9.17) is 21.7 Å². The standard InChI is InChI=1S/C12H13NO3S2/c1-15-9-4-3-8(7-10(9)16-2)11(14)13-5-6-18-12(13)17/h3-4,7H,5-6H2,1-2H3. The molecule has 1 fully saturated rings. The molecule has 0 N–H and O–H groups in total. The Labute approximate surface area is 115 Å². The molecule has 0 radical (unpaired) electrons. The Balaban J connectivity index is 2.28. The summed E-state index contributed by atoms with van der Waals surface area (Å²) < 4.78 is 11.0. The quantitative estimate of drug-likeness (QED) is 0.795. The Morgan fingerprint density at radius 1 is 1.33 bits per heavy atom. The van der Waals surface area contributed by atoms with Gasteiger partial charge in [0.2, 0.25) is 0 Å². The number of ether oxygens (including phenoxy) is 2. The van der Waals surface area contributed by atoms with Gasteiger partial charge in [0.25, 0.3) is 5.91 Å². The van der Waals surface area contributed by atoms with Gasteiger partial charge in [0, 0.05) is 17.9 Å². The molecule has 1 aliphatic heterocycles. The summed E-state index contributed by atoms with van der Waals surface area (Å²) in [5.74, 6) is 1.91. The summed E-state index contributed by atoms with van der Waals surface area (Å²) in [6.45, 7) is 0.663. The van der Waals surface area contributed by atoms with Gasteiger partial charge in [-0.05, 0) is 18.2 Å². The molecule has 0 atom stereocenters. The number of carbonyl (C=O) groups excluding carboxylic acids is 1. The van der Waals surface area contributed by atoms with Crippen LogP contribution in [0.2, 0.25) is 0 Å². The van der Waals surface area contributed by atoms with Crippen molar-refractivity contribution in [1.29, 1.82) is 0 Å². The van der Waals surface area contributed by atoms with E-state index in [9.17, 15) is 4.79 Å². The average Bonchev–Trinajstić information content (AvgIpc) is 2.83. The van der Waals surface area contributed by atoms with Crippen molar-refractivity contribution >= 4 is 34.2 Å². The number of hydrogen-bond donors (Lipinski definition) is 0. The van der Waals surface area contributed by atoms with E-state index < -0.39 is 0 Å². The van der Waals surface area contributed by atoms with E-state index in [1.54, 1.807) is 37.3 Å². The number of carbonyl (C=O) groups is 1. The van der Waals surface area contributed by atoms with Crippen molar-refractivity contribution in [3.63, 3.8) is 0 Å². The van der Waals surface area contributed by atoms with Crippen molar-refractivity contribution in [3.8, 4) is 11.5 Å². The van der Waals surface area contributed by atoms with Crippen LogP contribution < -0.4 is 9.47 Å². The Morgan fingerprint density at radius 2 is 2.06 bits per heavy atom. The zero-order valence-corrected chi connectivity index (χ0v) is 11.8. The highest BCUT2D eigenvalue weighted by molar-refractivity contribution is 8.23. The van der Waals surface area contributed by atoms with Crippen LogP contribution in [0, 0.1) is 0 Å². The van der Waals surface area contributed by atoms with Gasteiger partial charge in [-0.2, -0.15) is 0 Å². The molecule has 18 heavy (non-hydrogen) atoms. The average molecular weight is 283 g/mol. The first-order valence-corrected chi connectivity index (χ1v) is 6.77. The largest absolute Gasteiger partial charge is 0.493 e. The lowest BCUT2D eigenvalue weighted by Gasteiger charge is -2.15. The number of benzene rings is 1. The van der Waals surface area contributed by atoms with E-state index in [2.05, 4.69) is 0 Å². The summed E-state index contributed by atoms with van der Waals surface area (Å²) in [6, 6.07) is 5.11. The van der Waals surface area contributed by atoms with E-state index in [1.165, 1.54) is 11.8 Å². The molecule has 0 aliphatic carbocycles. The van der Waals surface area contributed by atoms with Crippen LogP contribution in [0.25, 0.3) is 0 Å². The van der Waals surface area contributed by atoms with E-state index in [0.29, 0.717) is 27.9 Å². The molecule has 6 heteroatoms. The Kier molecular flexibility index (Phi) is 4.08. The summed E-state index contributed by atoms with van der Waals surface area (Å²) in [7, 11) is 3.11. The number of nitrogens with zero attached hydrogens (tertiary/aromatic N) is 1.